The van der Waals surface area contributed by atoms with Gasteiger partial charge in [-0.15, -0.1) is 0 Å². The van der Waals surface area contributed by atoms with Gasteiger partial charge in [-0.1, -0.05) is 24.3 Å². The predicted octanol–water partition coefficient (Wildman–Crippen LogP) is 2.67. The number of carbonyl (C=O) groups excluding carboxylic acids is 1. The van der Waals surface area contributed by atoms with Crippen molar-refractivity contribution in [2.24, 2.45) is 0 Å². The van der Waals surface area contributed by atoms with Crippen LogP contribution in [0.15, 0.2) is 59.5 Å². The summed E-state index contributed by atoms with van der Waals surface area (Å²) < 4.78 is 33.4. The average molecular weight is 388 g/mol. The molecule has 0 spiro atoms. The Bertz CT molecular complexity index is 878. The SMILES string of the molecule is CC(CNS(=O)(=O)c1cccc(C(=O)N2CCCC2)c1)Oc1ccccc1. The first-order valence-corrected chi connectivity index (χ1v) is 10.5. The van der Waals surface area contributed by atoms with E-state index in [4.69, 9.17) is 4.74 Å². The Morgan fingerprint density at radius 1 is 1.11 bits per heavy atom. The fraction of sp³-hybridized carbons (Fsp3) is 0.350. The quantitative estimate of drug-likeness (QED) is 0.791. The third kappa shape index (κ3) is 5.08. The Morgan fingerprint density at radius 2 is 1.81 bits per heavy atom. The lowest BCUT2D eigenvalue weighted by Gasteiger charge is -2.17. The summed E-state index contributed by atoms with van der Waals surface area (Å²) in [5.74, 6) is 0.563. The Morgan fingerprint density at radius 3 is 2.52 bits per heavy atom. The number of likely N-dealkylation sites (tertiary alicyclic amines) is 1. The third-order valence-electron chi connectivity index (χ3n) is 4.43. The van der Waals surface area contributed by atoms with Gasteiger partial charge in [0.15, 0.2) is 0 Å². The van der Waals surface area contributed by atoms with Crippen LogP contribution in [-0.4, -0.2) is 45.0 Å². The molecule has 0 aliphatic carbocycles. The second kappa shape index (κ2) is 8.54. The number of para-hydroxylation sites is 1. The normalized spacial score (nSPS) is 15.5. The number of nitrogens with zero attached hydrogens (tertiary/aromatic N) is 1. The molecule has 1 aliphatic rings. The zero-order chi connectivity index (χ0) is 19.3. The molecule has 1 N–H and O–H groups in total. The van der Waals surface area contributed by atoms with E-state index in [1.54, 1.807) is 24.0 Å². The number of ether oxygens (including phenoxy) is 1. The molecule has 2 aromatic carbocycles. The molecule has 144 valence electrons. The van der Waals surface area contributed by atoms with Gasteiger partial charge < -0.3 is 9.64 Å². The van der Waals surface area contributed by atoms with Crippen molar-refractivity contribution in [2.75, 3.05) is 19.6 Å². The molecule has 1 fully saturated rings. The summed E-state index contributed by atoms with van der Waals surface area (Å²) >= 11 is 0. The number of hydrogen-bond acceptors (Lipinski definition) is 4. The van der Waals surface area contributed by atoms with E-state index in [-0.39, 0.29) is 23.5 Å². The summed E-state index contributed by atoms with van der Waals surface area (Å²) in [6.45, 7) is 3.37. The second-order valence-electron chi connectivity index (χ2n) is 6.62. The first-order chi connectivity index (χ1) is 13.0. The van der Waals surface area contributed by atoms with Crippen LogP contribution < -0.4 is 9.46 Å². The molecule has 6 nitrogen and oxygen atoms in total. The van der Waals surface area contributed by atoms with E-state index in [1.165, 1.54) is 12.1 Å². The van der Waals surface area contributed by atoms with E-state index in [0.29, 0.717) is 11.3 Å². The summed E-state index contributed by atoms with van der Waals surface area (Å²) in [5, 5.41) is 0. The van der Waals surface area contributed by atoms with Crippen molar-refractivity contribution in [1.29, 1.82) is 0 Å². The number of nitrogens with one attached hydrogen (secondary N) is 1. The van der Waals surface area contributed by atoms with Crippen LogP contribution in [0, 0.1) is 0 Å². The van der Waals surface area contributed by atoms with E-state index in [9.17, 15) is 13.2 Å². The number of sulfonamides is 1. The highest BCUT2D eigenvalue weighted by Gasteiger charge is 2.22. The summed E-state index contributed by atoms with van der Waals surface area (Å²) in [5.41, 5.74) is 0.397. The lowest BCUT2D eigenvalue weighted by Crippen LogP contribution is -2.34. The molecular weight excluding hydrogens is 364 g/mol. The molecule has 1 atom stereocenters. The smallest absolute Gasteiger partial charge is 0.253 e. The van der Waals surface area contributed by atoms with Crippen LogP contribution in [0.5, 0.6) is 5.75 Å². The lowest BCUT2D eigenvalue weighted by atomic mass is 10.2. The number of amides is 1. The van der Waals surface area contributed by atoms with Crippen molar-refractivity contribution >= 4 is 15.9 Å². The number of hydrogen-bond donors (Lipinski definition) is 1. The van der Waals surface area contributed by atoms with Gasteiger partial charge in [-0.3, -0.25) is 4.79 Å². The molecule has 7 heteroatoms. The van der Waals surface area contributed by atoms with Crippen LogP contribution in [0.1, 0.15) is 30.1 Å². The summed E-state index contributed by atoms with van der Waals surface area (Å²) in [4.78, 5) is 14.3. The molecule has 1 saturated heterocycles. The minimum absolute atomic E-state index is 0.0828. The molecule has 0 bridgehead atoms. The van der Waals surface area contributed by atoms with Gasteiger partial charge in [0.2, 0.25) is 10.0 Å². The third-order valence-corrected chi connectivity index (χ3v) is 5.85. The molecule has 1 heterocycles. The molecule has 1 amide bonds. The van der Waals surface area contributed by atoms with Gasteiger partial charge in [-0.05, 0) is 50.1 Å². The second-order valence-corrected chi connectivity index (χ2v) is 8.39. The first kappa shape index (κ1) is 19.4. The maximum absolute atomic E-state index is 12.6. The number of rotatable bonds is 7. The molecule has 0 radical (unpaired) electrons. The van der Waals surface area contributed by atoms with Crippen LogP contribution in [0.4, 0.5) is 0 Å². The molecule has 3 rings (SSSR count). The van der Waals surface area contributed by atoms with Crippen molar-refractivity contribution in [1.82, 2.24) is 9.62 Å². The lowest BCUT2D eigenvalue weighted by molar-refractivity contribution is 0.0792. The van der Waals surface area contributed by atoms with Gasteiger partial charge >= 0.3 is 0 Å². The van der Waals surface area contributed by atoms with Crippen LogP contribution in [0.3, 0.4) is 0 Å². The van der Waals surface area contributed by atoms with Gasteiger partial charge in [0.25, 0.3) is 5.91 Å². The highest BCUT2D eigenvalue weighted by molar-refractivity contribution is 7.89. The fourth-order valence-electron chi connectivity index (χ4n) is 2.98. The maximum Gasteiger partial charge on any atom is 0.253 e. The Kier molecular flexibility index (Phi) is 6.13. The molecule has 0 saturated carbocycles. The Hall–Kier alpha value is -2.38. The molecule has 1 unspecified atom stereocenters. The Balaban J connectivity index is 1.64. The summed E-state index contributed by atoms with van der Waals surface area (Å²) in [6.07, 6.45) is 1.64. The highest BCUT2D eigenvalue weighted by atomic mass is 32.2. The van der Waals surface area contributed by atoms with Crippen molar-refractivity contribution in [3.63, 3.8) is 0 Å². The molecular formula is C20H24N2O4S. The van der Waals surface area contributed by atoms with Crippen LogP contribution in [-0.2, 0) is 10.0 Å². The van der Waals surface area contributed by atoms with Gasteiger partial charge in [0, 0.05) is 25.2 Å². The average Bonchev–Trinajstić information content (AvgIpc) is 3.22. The van der Waals surface area contributed by atoms with E-state index >= 15 is 0 Å². The highest BCUT2D eigenvalue weighted by Crippen LogP contribution is 2.17. The first-order valence-electron chi connectivity index (χ1n) is 9.06. The van der Waals surface area contributed by atoms with Crippen LogP contribution in [0.25, 0.3) is 0 Å². The van der Waals surface area contributed by atoms with Crippen molar-refractivity contribution < 1.29 is 17.9 Å². The number of benzene rings is 2. The largest absolute Gasteiger partial charge is 0.489 e. The monoisotopic (exact) mass is 388 g/mol. The Labute approximate surface area is 160 Å². The zero-order valence-corrected chi connectivity index (χ0v) is 16.1. The topological polar surface area (TPSA) is 75.7 Å². The van der Waals surface area contributed by atoms with Gasteiger partial charge in [0.1, 0.15) is 11.9 Å². The molecule has 2 aromatic rings. The van der Waals surface area contributed by atoms with E-state index in [2.05, 4.69) is 4.72 Å². The number of carbonyl (C=O) groups is 1. The van der Waals surface area contributed by atoms with E-state index < -0.39 is 10.0 Å². The summed E-state index contributed by atoms with van der Waals surface area (Å²) in [7, 11) is -3.73. The van der Waals surface area contributed by atoms with Gasteiger partial charge in [-0.2, -0.15) is 0 Å². The van der Waals surface area contributed by atoms with Crippen LogP contribution >= 0.6 is 0 Å². The molecule has 0 aromatic heterocycles. The minimum atomic E-state index is -3.73. The fourth-order valence-corrected chi connectivity index (χ4v) is 4.14. The molecule has 27 heavy (non-hydrogen) atoms. The maximum atomic E-state index is 12.6. The predicted molar refractivity (Wildman–Crippen MR) is 103 cm³/mol. The zero-order valence-electron chi connectivity index (χ0n) is 15.3. The van der Waals surface area contributed by atoms with Crippen molar-refractivity contribution in [3.05, 3.63) is 60.2 Å². The minimum Gasteiger partial charge on any atom is -0.489 e. The van der Waals surface area contributed by atoms with Gasteiger partial charge in [-0.25, -0.2) is 13.1 Å². The summed E-state index contributed by atoms with van der Waals surface area (Å²) in [6, 6.07) is 15.4. The standard InChI is InChI=1S/C20H24N2O4S/c1-16(26-18-9-3-2-4-10-18)15-21-27(24,25)19-11-7-8-17(14-19)20(23)22-12-5-6-13-22/h2-4,7-11,14,16,21H,5-6,12-13,15H2,1H3. The van der Waals surface area contributed by atoms with Crippen molar-refractivity contribution in [3.8, 4) is 5.75 Å². The van der Waals surface area contributed by atoms with E-state index in [1.807, 2.05) is 30.3 Å². The van der Waals surface area contributed by atoms with Crippen molar-refractivity contribution in [2.45, 2.75) is 30.8 Å². The van der Waals surface area contributed by atoms with E-state index in [0.717, 1.165) is 25.9 Å². The van der Waals surface area contributed by atoms with Crippen LogP contribution in [0.2, 0.25) is 0 Å². The molecule has 1 aliphatic heterocycles. The van der Waals surface area contributed by atoms with Gasteiger partial charge in [0.05, 0.1) is 4.90 Å².